The number of hydrazone groups is 1. The van der Waals surface area contributed by atoms with Crippen molar-refractivity contribution in [2.75, 3.05) is 25.1 Å². The Hall–Kier alpha value is -2.40. The van der Waals surface area contributed by atoms with Gasteiger partial charge in [0, 0.05) is 16.9 Å². The molecule has 3 fully saturated rings. The van der Waals surface area contributed by atoms with Crippen LogP contribution in [0.2, 0.25) is 5.02 Å². The van der Waals surface area contributed by atoms with Gasteiger partial charge in [0.05, 0.1) is 36.7 Å². The normalized spacial score (nSPS) is 21.1. The minimum Gasteiger partial charge on any atom is -0.350 e. The Balaban J connectivity index is 1.32. The highest BCUT2D eigenvalue weighted by molar-refractivity contribution is 6.63. The van der Waals surface area contributed by atoms with Gasteiger partial charge in [0.25, 0.3) is 5.91 Å². The number of nitrogens with one attached hydrogen (secondary N) is 1. The Bertz CT molecular complexity index is 900. The monoisotopic (exact) mass is 414 g/mol. The number of aliphatic imine (C=N–C) groups is 1. The van der Waals surface area contributed by atoms with Crippen molar-refractivity contribution in [2.45, 2.75) is 32.0 Å². The van der Waals surface area contributed by atoms with E-state index in [1.165, 1.54) is 6.21 Å². The zero-order valence-electron chi connectivity index (χ0n) is 16.0. The first kappa shape index (κ1) is 19.9. The molecular formula is C21H23ClN4O3. The number of ether oxygens (including phenoxy) is 2. The lowest BCUT2D eigenvalue weighted by Crippen LogP contribution is -2.35. The van der Waals surface area contributed by atoms with Crippen LogP contribution in [0.25, 0.3) is 0 Å². The predicted octanol–water partition coefficient (Wildman–Crippen LogP) is 2.58. The Morgan fingerprint density at radius 3 is 2.76 bits per heavy atom. The van der Waals surface area contributed by atoms with Gasteiger partial charge in [-0.15, -0.1) is 0 Å². The number of nitrogens with zero attached hydrogens (tertiary/aromatic N) is 2. The van der Waals surface area contributed by atoms with Crippen LogP contribution in [0.15, 0.2) is 28.3 Å². The average Bonchev–Trinajstić information content (AvgIpc) is 3.65. The molecule has 29 heavy (non-hydrogen) atoms. The van der Waals surface area contributed by atoms with Crippen molar-refractivity contribution in [3.05, 3.63) is 28.8 Å². The summed E-state index contributed by atoms with van der Waals surface area (Å²) in [7, 11) is 0. The number of nitrogens with two attached hydrogens (primary N) is 1. The van der Waals surface area contributed by atoms with E-state index >= 15 is 0 Å². The van der Waals surface area contributed by atoms with Gasteiger partial charge >= 0.3 is 0 Å². The van der Waals surface area contributed by atoms with Crippen LogP contribution in [0.5, 0.6) is 0 Å². The number of amides is 1. The number of halogens is 1. The SMILES string of the molecule is NN=C(C=NCC1OCC2(CC2)CO1)C(=O)Nc1cc(C#CC2CC2)ccc1Cl. The molecule has 2 saturated carbocycles. The molecule has 2 aliphatic carbocycles. The molecule has 4 rings (SSSR count). The molecule has 0 aromatic heterocycles. The van der Waals surface area contributed by atoms with Crippen LogP contribution in [0.3, 0.4) is 0 Å². The third-order valence-corrected chi connectivity index (χ3v) is 5.49. The predicted molar refractivity (Wildman–Crippen MR) is 112 cm³/mol. The van der Waals surface area contributed by atoms with Crippen molar-refractivity contribution in [1.29, 1.82) is 0 Å². The lowest BCUT2D eigenvalue weighted by molar-refractivity contribution is -0.201. The minimum absolute atomic E-state index is 0.0231. The summed E-state index contributed by atoms with van der Waals surface area (Å²) in [6.07, 6.45) is 5.52. The van der Waals surface area contributed by atoms with E-state index in [-0.39, 0.29) is 17.7 Å². The molecule has 152 valence electrons. The van der Waals surface area contributed by atoms with Gasteiger partial charge < -0.3 is 20.6 Å². The van der Waals surface area contributed by atoms with Crippen LogP contribution >= 0.6 is 11.6 Å². The molecule has 0 radical (unpaired) electrons. The van der Waals surface area contributed by atoms with E-state index in [0.29, 0.717) is 29.8 Å². The molecule has 0 atom stereocenters. The quantitative estimate of drug-likeness (QED) is 0.335. The van der Waals surface area contributed by atoms with E-state index < -0.39 is 12.2 Å². The summed E-state index contributed by atoms with van der Waals surface area (Å²) in [5.41, 5.74) is 1.45. The summed E-state index contributed by atoms with van der Waals surface area (Å²) in [4.78, 5) is 16.7. The topological polar surface area (TPSA) is 98.3 Å². The van der Waals surface area contributed by atoms with Crippen LogP contribution < -0.4 is 11.2 Å². The fraction of sp³-hybridized carbons (Fsp3) is 0.476. The van der Waals surface area contributed by atoms with Gasteiger partial charge in [-0.3, -0.25) is 9.79 Å². The number of carbonyl (C=O) groups is 1. The first-order valence-electron chi connectivity index (χ1n) is 9.70. The Morgan fingerprint density at radius 2 is 2.10 bits per heavy atom. The maximum Gasteiger partial charge on any atom is 0.277 e. The van der Waals surface area contributed by atoms with Crippen molar-refractivity contribution in [1.82, 2.24) is 0 Å². The van der Waals surface area contributed by atoms with Crippen molar-refractivity contribution in [3.8, 4) is 11.8 Å². The van der Waals surface area contributed by atoms with Gasteiger partial charge in [-0.1, -0.05) is 23.4 Å². The van der Waals surface area contributed by atoms with E-state index in [9.17, 15) is 4.79 Å². The lowest BCUT2D eigenvalue weighted by atomic mass is 10.1. The molecule has 1 aromatic carbocycles. The molecule has 1 amide bonds. The molecule has 7 nitrogen and oxygen atoms in total. The standard InChI is InChI=1S/C21H23ClN4O3/c22-16-6-5-15(4-3-14-1-2-14)9-17(16)25-20(27)18(26-23)10-24-11-19-28-12-21(7-8-21)13-29-19/h5-6,9-10,14,19H,1-2,7-8,11-13,23H2,(H,25,27). The number of hydrogen-bond acceptors (Lipinski definition) is 6. The molecule has 0 bridgehead atoms. The van der Waals surface area contributed by atoms with Gasteiger partial charge in [-0.2, -0.15) is 5.10 Å². The summed E-state index contributed by atoms with van der Waals surface area (Å²) in [6, 6.07) is 5.26. The van der Waals surface area contributed by atoms with Crippen molar-refractivity contribution in [3.63, 3.8) is 0 Å². The molecule has 0 unspecified atom stereocenters. The number of rotatable bonds is 5. The first-order chi connectivity index (χ1) is 14.1. The molecule has 8 heteroatoms. The second kappa shape index (κ2) is 8.54. The smallest absolute Gasteiger partial charge is 0.277 e. The molecular weight excluding hydrogens is 392 g/mol. The summed E-state index contributed by atoms with van der Waals surface area (Å²) in [6.45, 7) is 1.67. The maximum atomic E-state index is 12.5. The Kier molecular flexibility index (Phi) is 5.86. The van der Waals surface area contributed by atoms with E-state index in [1.807, 2.05) is 6.07 Å². The summed E-state index contributed by atoms with van der Waals surface area (Å²) in [5.74, 6) is 11.6. The third kappa shape index (κ3) is 5.36. The van der Waals surface area contributed by atoms with Crippen molar-refractivity contribution in [2.24, 2.45) is 27.3 Å². The van der Waals surface area contributed by atoms with Crippen LogP contribution in [0.1, 0.15) is 31.2 Å². The molecule has 1 saturated heterocycles. The first-order valence-corrected chi connectivity index (χ1v) is 10.1. The summed E-state index contributed by atoms with van der Waals surface area (Å²) >= 11 is 6.20. The van der Waals surface area contributed by atoms with E-state index in [4.69, 9.17) is 26.9 Å². The van der Waals surface area contributed by atoms with Gasteiger partial charge in [0.1, 0.15) is 0 Å². The van der Waals surface area contributed by atoms with E-state index in [0.717, 1.165) is 31.2 Å². The van der Waals surface area contributed by atoms with Gasteiger partial charge in [-0.25, -0.2) is 0 Å². The molecule has 1 heterocycles. The Morgan fingerprint density at radius 1 is 1.34 bits per heavy atom. The summed E-state index contributed by atoms with van der Waals surface area (Å²) < 4.78 is 11.3. The van der Waals surface area contributed by atoms with E-state index in [2.05, 4.69) is 27.3 Å². The number of anilines is 1. The van der Waals surface area contributed by atoms with Gasteiger partial charge in [-0.05, 0) is 43.9 Å². The van der Waals surface area contributed by atoms with Gasteiger partial charge in [0.15, 0.2) is 12.0 Å². The highest BCUT2D eigenvalue weighted by atomic mass is 35.5. The minimum atomic E-state index is -0.507. The Labute approximate surface area is 174 Å². The zero-order valence-corrected chi connectivity index (χ0v) is 16.7. The fourth-order valence-corrected chi connectivity index (χ4v) is 3.04. The summed E-state index contributed by atoms with van der Waals surface area (Å²) in [5, 5.41) is 6.64. The van der Waals surface area contributed by atoms with Crippen molar-refractivity contribution >= 4 is 35.1 Å². The molecule has 1 aliphatic heterocycles. The average molecular weight is 415 g/mol. The van der Waals surface area contributed by atoms with Crippen LogP contribution in [0.4, 0.5) is 5.69 Å². The fourth-order valence-electron chi connectivity index (χ4n) is 2.87. The maximum absolute atomic E-state index is 12.5. The van der Waals surface area contributed by atoms with Crippen LogP contribution in [-0.4, -0.2) is 43.9 Å². The van der Waals surface area contributed by atoms with Crippen molar-refractivity contribution < 1.29 is 14.3 Å². The number of carbonyl (C=O) groups excluding carboxylic acids is 1. The molecule has 1 spiro atoms. The highest BCUT2D eigenvalue weighted by Crippen LogP contribution is 2.48. The second-order valence-corrected chi connectivity index (χ2v) is 8.16. The van der Waals surface area contributed by atoms with E-state index in [1.54, 1.807) is 12.1 Å². The van der Waals surface area contributed by atoms with Gasteiger partial charge in [0.2, 0.25) is 0 Å². The zero-order chi connectivity index (χ0) is 20.3. The largest absolute Gasteiger partial charge is 0.350 e. The molecule has 3 N–H and O–H groups in total. The van der Waals surface area contributed by atoms with Crippen LogP contribution in [-0.2, 0) is 14.3 Å². The lowest BCUT2D eigenvalue weighted by Gasteiger charge is -2.28. The molecule has 1 aromatic rings. The second-order valence-electron chi connectivity index (χ2n) is 7.75. The number of benzene rings is 1. The third-order valence-electron chi connectivity index (χ3n) is 5.16. The van der Waals surface area contributed by atoms with Crippen LogP contribution in [0, 0.1) is 23.2 Å². The molecule has 3 aliphatic rings. The highest BCUT2D eigenvalue weighted by Gasteiger charge is 2.46. The number of hydrogen-bond donors (Lipinski definition) is 2.